The Labute approximate surface area is 93.5 Å². The molecular formula is C9H9NO5S. The maximum atomic E-state index is 11.2. The average Bonchev–Trinajstić information content (AvgIpc) is 2.16. The molecule has 86 valence electrons. The smallest absolute Gasteiger partial charge is 0.316 e. The molecule has 1 unspecified atom stereocenters. The summed E-state index contributed by atoms with van der Waals surface area (Å²) < 4.78 is 11.2. The van der Waals surface area contributed by atoms with Crippen molar-refractivity contribution >= 4 is 22.5 Å². The van der Waals surface area contributed by atoms with Crippen LogP contribution in [0.1, 0.15) is 5.56 Å². The average molecular weight is 243 g/mol. The van der Waals surface area contributed by atoms with Crippen LogP contribution in [-0.2, 0) is 21.3 Å². The largest absolute Gasteiger partial charge is 0.481 e. The maximum absolute atomic E-state index is 11.2. The standard InChI is InChI=1S/C9H9NO5S/c11-9(12)6-16(15)5-7-1-3-8(4-2-7)10(13)14/h1-4H,5-6H2,(H,11,12). The van der Waals surface area contributed by atoms with Crippen molar-refractivity contribution < 1.29 is 19.0 Å². The summed E-state index contributed by atoms with van der Waals surface area (Å²) >= 11 is 0. The summed E-state index contributed by atoms with van der Waals surface area (Å²) in [7, 11) is -1.49. The van der Waals surface area contributed by atoms with Crippen molar-refractivity contribution in [2.24, 2.45) is 0 Å². The predicted octanol–water partition coefficient (Wildman–Crippen LogP) is 0.928. The molecule has 0 aromatic heterocycles. The zero-order valence-electron chi connectivity index (χ0n) is 8.16. The van der Waals surface area contributed by atoms with Gasteiger partial charge in [-0.2, -0.15) is 0 Å². The van der Waals surface area contributed by atoms with Gasteiger partial charge in [-0.25, -0.2) is 0 Å². The molecule has 0 bridgehead atoms. The molecule has 1 rings (SSSR count). The molecule has 7 heteroatoms. The Balaban J connectivity index is 2.65. The molecule has 16 heavy (non-hydrogen) atoms. The summed E-state index contributed by atoms with van der Waals surface area (Å²) in [5.41, 5.74) is 0.568. The Kier molecular flexibility index (Phi) is 4.12. The summed E-state index contributed by atoms with van der Waals surface area (Å²) in [5.74, 6) is -1.46. The third-order valence-electron chi connectivity index (χ3n) is 1.76. The molecule has 1 atom stereocenters. The van der Waals surface area contributed by atoms with Gasteiger partial charge in [0.25, 0.3) is 5.69 Å². The highest BCUT2D eigenvalue weighted by atomic mass is 32.2. The number of benzene rings is 1. The van der Waals surface area contributed by atoms with Crippen LogP contribution in [0.25, 0.3) is 0 Å². The fourth-order valence-electron chi connectivity index (χ4n) is 1.09. The first-order valence-corrected chi connectivity index (χ1v) is 5.78. The van der Waals surface area contributed by atoms with Gasteiger partial charge in [0.2, 0.25) is 0 Å². The summed E-state index contributed by atoms with van der Waals surface area (Å²) in [6.07, 6.45) is 0. The van der Waals surface area contributed by atoms with Crippen LogP contribution in [0.4, 0.5) is 5.69 Å². The third kappa shape index (κ3) is 3.77. The lowest BCUT2D eigenvalue weighted by Gasteiger charge is -1.99. The molecule has 0 aliphatic rings. The van der Waals surface area contributed by atoms with E-state index in [1.807, 2.05) is 0 Å². The normalized spacial score (nSPS) is 12.0. The molecule has 0 amide bonds. The summed E-state index contributed by atoms with van der Waals surface area (Å²) in [6.45, 7) is 0. The molecule has 0 heterocycles. The van der Waals surface area contributed by atoms with Crippen LogP contribution in [0.5, 0.6) is 0 Å². The first kappa shape index (κ1) is 12.3. The lowest BCUT2D eigenvalue weighted by Crippen LogP contribution is -2.10. The van der Waals surface area contributed by atoms with E-state index >= 15 is 0 Å². The van der Waals surface area contributed by atoms with Crippen LogP contribution in [0.3, 0.4) is 0 Å². The van der Waals surface area contributed by atoms with Gasteiger partial charge in [-0.3, -0.25) is 19.1 Å². The zero-order chi connectivity index (χ0) is 12.1. The topological polar surface area (TPSA) is 97.5 Å². The van der Waals surface area contributed by atoms with Gasteiger partial charge in [-0.15, -0.1) is 0 Å². The van der Waals surface area contributed by atoms with E-state index in [2.05, 4.69) is 0 Å². The highest BCUT2D eigenvalue weighted by molar-refractivity contribution is 7.84. The minimum Gasteiger partial charge on any atom is -0.481 e. The monoisotopic (exact) mass is 243 g/mol. The number of nitro benzene ring substituents is 1. The van der Waals surface area contributed by atoms with Crippen molar-refractivity contribution in [1.29, 1.82) is 0 Å². The molecule has 6 nitrogen and oxygen atoms in total. The molecule has 0 saturated heterocycles. The number of carboxylic acid groups (broad SMARTS) is 1. The lowest BCUT2D eigenvalue weighted by molar-refractivity contribution is -0.384. The Bertz CT molecular complexity index is 428. The molecule has 1 aromatic rings. The van der Waals surface area contributed by atoms with Gasteiger partial charge < -0.3 is 5.11 Å². The second-order valence-corrected chi connectivity index (χ2v) is 4.50. The molecule has 0 spiro atoms. The van der Waals surface area contributed by atoms with Gasteiger partial charge in [-0.05, 0) is 5.56 Å². The molecule has 0 radical (unpaired) electrons. The van der Waals surface area contributed by atoms with Crippen molar-refractivity contribution in [3.8, 4) is 0 Å². The van der Waals surface area contributed by atoms with Crippen molar-refractivity contribution in [2.45, 2.75) is 5.75 Å². The van der Waals surface area contributed by atoms with Crippen LogP contribution >= 0.6 is 0 Å². The number of rotatable bonds is 5. The van der Waals surface area contributed by atoms with Gasteiger partial charge in [0.1, 0.15) is 5.75 Å². The van der Waals surface area contributed by atoms with E-state index in [0.717, 1.165) is 0 Å². The number of aliphatic carboxylic acids is 1. The SMILES string of the molecule is O=C(O)CS(=O)Cc1ccc([N+](=O)[O-])cc1. The van der Waals surface area contributed by atoms with Crippen molar-refractivity contribution in [3.63, 3.8) is 0 Å². The summed E-state index contributed by atoms with van der Waals surface area (Å²) in [4.78, 5) is 20.1. The molecule has 0 saturated carbocycles. The summed E-state index contributed by atoms with van der Waals surface area (Å²) in [6, 6.07) is 5.54. The number of nitro groups is 1. The second kappa shape index (κ2) is 5.36. The van der Waals surface area contributed by atoms with Crippen LogP contribution in [0, 0.1) is 10.1 Å². The summed E-state index contributed by atoms with van der Waals surface area (Å²) in [5, 5.41) is 18.7. The molecule has 1 N–H and O–H groups in total. The van der Waals surface area contributed by atoms with Crippen LogP contribution in [0.15, 0.2) is 24.3 Å². The fraction of sp³-hybridized carbons (Fsp3) is 0.222. The fourth-order valence-corrected chi connectivity index (χ4v) is 2.03. The van der Waals surface area contributed by atoms with E-state index in [1.165, 1.54) is 24.3 Å². The number of hydrogen-bond donors (Lipinski definition) is 1. The number of hydrogen-bond acceptors (Lipinski definition) is 4. The van der Waals surface area contributed by atoms with Crippen LogP contribution in [0.2, 0.25) is 0 Å². The predicted molar refractivity (Wildman–Crippen MR) is 57.4 cm³/mol. The number of non-ortho nitro benzene ring substituents is 1. The van der Waals surface area contributed by atoms with Gasteiger partial charge in [0.15, 0.2) is 0 Å². The minimum atomic E-state index is -1.49. The maximum Gasteiger partial charge on any atom is 0.316 e. The number of carboxylic acids is 1. The third-order valence-corrected chi connectivity index (χ3v) is 2.98. The van der Waals surface area contributed by atoms with E-state index in [-0.39, 0.29) is 11.4 Å². The highest BCUT2D eigenvalue weighted by Gasteiger charge is 2.08. The van der Waals surface area contributed by atoms with E-state index in [4.69, 9.17) is 5.11 Å². The zero-order valence-corrected chi connectivity index (χ0v) is 8.98. The lowest BCUT2D eigenvalue weighted by atomic mass is 10.2. The van der Waals surface area contributed by atoms with E-state index in [9.17, 15) is 19.1 Å². The molecular weight excluding hydrogens is 234 g/mol. The van der Waals surface area contributed by atoms with Crippen LogP contribution < -0.4 is 0 Å². The van der Waals surface area contributed by atoms with Crippen molar-refractivity contribution in [3.05, 3.63) is 39.9 Å². The quantitative estimate of drug-likeness (QED) is 0.612. The van der Waals surface area contributed by atoms with E-state index < -0.39 is 27.4 Å². The van der Waals surface area contributed by atoms with Gasteiger partial charge in [0, 0.05) is 28.7 Å². The number of nitrogens with zero attached hydrogens (tertiary/aromatic N) is 1. The first-order chi connectivity index (χ1) is 7.49. The van der Waals surface area contributed by atoms with E-state index in [0.29, 0.717) is 5.56 Å². The molecule has 1 aromatic carbocycles. The number of carbonyl (C=O) groups is 1. The Morgan fingerprint density at radius 1 is 1.38 bits per heavy atom. The Morgan fingerprint density at radius 3 is 2.38 bits per heavy atom. The van der Waals surface area contributed by atoms with Crippen molar-refractivity contribution in [1.82, 2.24) is 0 Å². The van der Waals surface area contributed by atoms with E-state index in [1.54, 1.807) is 0 Å². The highest BCUT2D eigenvalue weighted by Crippen LogP contribution is 2.13. The Hall–Kier alpha value is -1.76. The van der Waals surface area contributed by atoms with Crippen molar-refractivity contribution in [2.75, 3.05) is 5.75 Å². The Morgan fingerprint density at radius 2 is 1.94 bits per heavy atom. The molecule has 0 aliphatic carbocycles. The second-order valence-electron chi connectivity index (χ2n) is 3.05. The first-order valence-electron chi connectivity index (χ1n) is 4.29. The van der Waals surface area contributed by atoms with Gasteiger partial charge in [-0.1, -0.05) is 12.1 Å². The molecule has 0 aliphatic heterocycles. The van der Waals surface area contributed by atoms with Crippen LogP contribution in [-0.4, -0.2) is 26.0 Å². The molecule has 0 fully saturated rings. The van der Waals surface area contributed by atoms with Gasteiger partial charge in [0.05, 0.1) is 4.92 Å². The van der Waals surface area contributed by atoms with Gasteiger partial charge >= 0.3 is 5.97 Å². The minimum absolute atomic E-state index is 0.0484.